The number of rotatable bonds is 10. The minimum atomic E-state index is -0.660. The van der Waals surface area contributed by atoms with Gasteiger partial charge in [0.25, 0.3) is 0 Å². The van der Waals surface area contributed by atoms with E-state index in [9.17, 15) is 5.11 Å². The van der Waals surface area contributed by atoms with Crippen molar-refractivity contribution in [3.63, 3.8) is 0 Å². The summed E-state index contributed by atoms with van der Waals surface area (Å²) in [6.45, 7) is 11.6. The molecule has 0 heterocycles. The molecule has 0 aromatic rings. The van der Waals surface area contributed by atoms with Crippen LogP contribution >= 0.6 is 0 Å². The highest BCUT2D eigenvalue weighted by Crippen LogP contribution is 2.33. The van der Waals surface area contributed by atoms with Crippen LogP contribution in [-0.2, 0) is 0 Å². The second kappa shape index (κ2) is 8.48. The van der Waals surface area contributed by atoms with Gasteiger partial charge in [0.15, 0.2) is 0 Å². The van der Waals surface area contributed by atoms with Crippen LogP contribution < -0.4 is 5.73 Å². The number of hydrogen-bond acceptors (Lipinski definition) is 2. The number of aliphatic hydroxyl groups is 1. The van der Waals surface area contributed by atoms with Crippen LogP contribution in [0.5, 0.6) is 0 Å². The molecule has 0 fully saturated rings. The third kappa shape index (κ3) is 5.51. The molecule has 0 aromatic heterocycles. The maximum absolute atomic E-state index is 10.8. The van der Waals surface area contributed by atoms with Crippen LogP contribution in [0.1, 0.15) is 52.4 Å². The molecule has 3 unspecified atom stereocenters. The van der Waals surface area contributed by atoms with E-state index in [-0.39, 0.29) is 6.04 Å². The Bertz CT molecular complexity index is 227. The van der Waals surface area contributed by atoms with Crippen LogP contribution in [0.4, 0.5) is 0 Å². The van der Waals surface area contributed by atoms with Crippen molar-refractivity contribution in [2.24, 2.45) is 11.7 Å². The summed E-state index contributed by atoms with van der Waals surface area (Å²) in [5, 5.41) is 10.8. The van der Waals surface area contributed by atoms with E-state index < -0.39 is 5.60 Å². The Balaban J connectivity index is 4.69. The van der Waals surface area contributed by atoms with Crippen molar-refractivity contribution in [2.45, 2.75) is 64.0 Å². The molecule has 0 aromatic carbocycles. The normalized spacial score (nSPS) is 18.1. The zero-order valence-electron chi connectivity index (χ0n) is 11.5. The molecule has 0 bridgehead atoms. The van der Waals surface area contributed by atoms with Gasteiger partial charge in [-0.2, -0.15) is 0 Å². The molecule has 3 atom stereocenters. The monoisotopic (exact) mass is 239 g/mol. The van der Waals surface area contributed by atoms with E-state index in [1.54, 1.807) is 6.08 Å². The quantitative estimate of drug-likeness (QED) is 0.574. The first-order valence-electron chi connectivity index (χ1n) is 6.75. The first-order chi connectivity index (χ1) is 8.03. The van der Waals surface area contributed by atoms with Crippen LogP contribution in [0.2, 0.25) is 0 Å². The SMILES string of the molecule is C=CCCC(CCC)C(O)(CC)CC(N)C=C. The summed E-state index contributed by atoms with van der Waals surface area (Å²) in [5.41, 5.74) is 5.24. The minimum Gasteiger partial charge on any atom is -0.390 e. The predicted molar refractivity (Wildman–Crippen MR) is 75.9 cm³/mol. The van der Waals surface area contributed by atoms with Crippen molar-refractivity contribution in [3.8, 4) is 0 Å². The maximum atomic E-state index is 10.8. The van der Waals surface area contributed by atoms with E-state index in [0.717, 1.165) is 32.1 Å². The molecule has 2 heteroatoms. The van der Waals surface area contributed by atoms with Crippen molar-refractivity contribution >= 4 is 0 Å². The lowest BCUT2D eigenvalue weighted by Gasteiger charge is -2.37. The molecule has 3 N–H and O–H groups in total. The van der Waals surface area contributed by atoms with Gasteiger partial charge in [-0.25, -0.2) is 0 Å². The van der Waals surface area contributed by atoms with E-state index in [4.69, 9.17) is 5.73 Å². The van der Waals surface area contributed by atoms with E-state index >= 15 is 0 Å². The lowest BCUT2D eigenvalue weighted by atomic mass is 9.75. The molecule has 0 saturated carbocycles. The fraction of sp³-hybridized carbons (Fsp3) is 0.733. The molecule has 0 rings (SSSR count). The summed E-state index contributed by atoms with van der Waals surface area (Å²) >= 11 is 0. The van der Waals surface area contributed by atoms with Crippen molar-refractivity contribution in [1.82, 2.24) is 0 Å². The van der Waals surface area contributed by atoms with Gasteiger partial charge in [-0.05, 0) is 38.0 Å². The van der Waals surface area contributed by atoms with Gasteiger partial charge in [-0.15, -0.1) is 13.2 Å². The molecule has 100 valence electrons. The van der Waals surface area contributed by atoms with Crippen molar-refractivity contribution in [3.05, 3.63) is 25.3 Å². The van der Waals surface area contributed by atoms with Crippen LogP contribution in [0.3, 0.4) is 0 Å². The number of allylic oxidation sites excluding steroid dienone is 1. The fourth-order valence-electron chi connectivity index (χ4n) is 2.44. The van der Waals surface area contributed by atoms with Crippen molar-refractivity contribution < 1.29 is 5.11 Å². The standard InChI is InChI=1S/C15H29NO/c1-5-9-11-13(10-6-2)15(17,8-4)12-14(16)7-3/h5,7,13-14,17H,1,3,6,8-12,16H2,2,4H3. The molecule has 0 spiro atoms. The van der Waals surface area contributed by atoms with Gasteiger partial charge >= 0.3 is 0 Å². The molecule has 0 aliphatic carbocycles. The average Bonchev–Trinajstić information content (AvgIpc) is 2.33. The topological polar surface area (TPSA) is 46.2 Å². The van der Waals surface area contributed by atoms with Gasteiger partial charge < -0.3 is 10.8 Å². The minimum absolute atomic E-state index is 0.122. The Morgan fingerprint density at radius 2 is 1.94 bits per heavy atom. The van der Waals surface area contributed by atoms with E-state index in [1.807, 2.05) is 13.0 Å². The maximum Gasteiger partial charge on any atom is 0.0691 e. The highest BCUT2D eigenvalue weighted by molar-refractivity contribution is 4.94. The number of nitrogens with two attached hydrogens (primary N) is 1. The zero-order valence-corrected chi connectivity index (χ0v) is 11.5. The summed E-state index contributed by atoms with van der Waals surface area (Å²) < 4.78 is 0. The Morgan fingerprint density at radius 3 is 2.35 bits per heavy atom. The largest absolute Gasteiger partial charge is 0.390 e. The summed E-state index contributed by atoms with van der Waals surface area (Å²) in [6.07, 6.45) is 9.08. The van der Waals surface area contributed by atoms with Gasteiger partial charge in [0.05, 0.1) is 5.60 Å². The molecule has 0 aliphatic rings. The fourth-order valence-corrected chi connectivity index (χ4v) is 2.44. The third-order valence-corrected chi connectivity index (χ3v) is 3.62. The van der Waals surface area contributed by atoms with Gasteiger partial charge in [-0.1, -0.05) is 32.4 Å². The highest BCUT2D eigenvalue weighted by Gasteiger charge is 2.34. The first-order valence-corrected chi connectivity index (χ1v) is 6.75. The molecule has 0 aliphatic heterocycles. The molecular weight excluding hydrogens is 210 g/mol. The highest BCUT2D eigenvalue weighted by atomic mass is 16.3. The van der Waals surface area contributed by atoms with Crippen LogP contribution in [0.25, 0.3) is 0 Å². The lowest BCUT2D eigenvalue weighted by molar-refractivity contribution is -0.0384. The summed E-state index contributed by atoms with van der Waals surface area (Å²) in [5.74, 6) is 0.307. The number of hydrogen-bond donors (Lipinski definition) is 2. The van der Waals surface area contributed by atoms with Gasteiger partial charge in [0.1, 0.15) is 0 Å². The first kappa shape index (κ1) is 16.4. The molecule has 0 radical (unpaired) electrons. The Hall–Kier alpha value is -0.600. The van der Waals surface area contributed by atoms with Gasteiger partial charge in [0.2, 0.25) is 0 Å². The third-order valence-electron chi connectivity index (χ3n) is 3.62. The van der Waals surface area contributed by atoms with E-state index in [1.165, 1.54) is 0 Å². The zero-order chi connectivity index (χ0) is 13.3. The second-order valence-corrected chi connectivity index (χ2v) is 4.91. The average molecular weight is 239 g/mol. The lowest BCUT2D eigenvalue weighted by Crippen LogP contribution is -2.42. The Kier molecular flexibility index (Phi) is 8.19. The molecular formula is C15H29NO. The van der Waals surface area contributed by atoms with E-state index in [2.05, 4.69) is 20.1 Å². The van der Waals surface area contributed by atoms with Crippen molar-refractivity contribution in [1.29, 1.82) is 0 Å². The molecule has 0 saturated heterocycles. The van der Waals surface area contributed by atoms with Gasteiger partial charge in [-0.3, -0.25) is 0 Å². The molecule has 2 nitrogen and oxygen atoms in total. The van der Waals surface area contributed by atoms with Crippen LogP contribution in [-0.4, -0.2) is 16.7 Å². The molecule has 17 heavy (non-hydrogen) atoms. The predicted octanol–water partition coefficient (Wildman–Crippen LogP) is 3.41. The second-order valence-electron chi connectivity index (χ2n) is 4.91. The molecule has 0 amide bonds. The Morgan fingerprint density at radius 1 is 1.29 bits per heavy atom. The van der Waals surface area contributed by atoms with Crippen molar-refractivity contribution in [2.75, 3.05) is 0 Å². The van der Waals surface area contributed by atoms with E-state index in [0.29, 0.717) is 12.3 Å². The smallest absolute Gasteiger partial charge is 0.0691 e. The van der Waals surface area contributed by atoms with Crippen LogP contribution in [0, 0.1) is 5.92 Å². The Labute approximate surface area is 107 Å². The summed E-state index contributed by atoms with van der Waals surface area (Å²) in [4.78, 5) is 0. The summed E-state index contributed by atoms with van der Waals surface area (Å²) in [6, 6.07) is -0.122. The summed E-state index contributed by atoms with van der Waals surface area (Å²) in [7, 11) is 0. The van der Waals surface area contributed by atoms with Gasteiger partial charge in [0, 0.05) is 6.04 Å². The van der Waals surface area contributed by atoms with Crippen LogP contribution in [0.15, 0.2) is 25.3 Å².